The molecule has 0 saturated carbocycles. The van der Waals surface area contributed by atoms with Crippen molar-refractivity contribution in [3.05, 3.63) is 30.1 Å². The topological polar surface area (TPSA) is 84.9 Å². The average molecular weight is 289 g/mol. The summed E-state index contributed by atoms with van der Waals surface area (Å²) in [4.78, 5) is 18.1. The van der Waals surface area contributed by atoms with Gasteiger partial charge in [-0.25, -0.2) is 9.78 Å². The van der Waals surface area contributed by atoms with Gasteiger partial charge in [-0.3, -0.25) is 0 Å². The van der Waals surface area contributed by atoms with E-state index < -0.39 is 6.09 Å². The van der Waals surface area contributed by atoms with Crippen molar-refractivity contribution in [1.29, 1.82) is 0 Å². The normalized spacial score (nSPS) is 18.2. The van der Waals surface area contributed by atoms with Crippen LogP contribution in [0.5, 0.6) is 0 Å². The maximum Gasteiger partial charge on any atom is 0.407 e. The van der Waals surface area contributed by atoms with Crippen LogP contribution in [0.15, 0.2) is 24.4 Å². The highest BCUT2D eigenvalue weighted by Gasteiger charge is 2.27. The third-order valence-corrected chi connectivity index (χ3v) is 3.80. The van der Waals surface area contributed by atoms with Crippen molar-refractivity contribution in [3.63, 3.8) is 0 Å². The minimum atomic E-state index is -0.393. The third kappa shape index (κ3) is 2.52. The first kappa shape index (κ1) is 13.7. The number of methoxy groups -OCH3 is 1. The molecule has 7 nitrogen and oxygen atoms in total. The Hall–Kier alpha value is -2.28. The van der Waals surface area contributed by atoms with Crippen LogP contribution in [0.3, 0.4) is 0 Å². The molecule has 1 amide bonds. The smallest absolute Gasteiger partial charge is 0.407 e. The lowest BCUT2D eigenvalue weighted by molar-refractivity contribution is 0.167. The van der Waals surface area contributed by atoms with E-state index in [0.29, 0.717) is 13.1 Å². The standard InChI is InChI=1S/C14H19N5O2/c1-21-14(20)16-10-5-7-18(9-10)13-11(8-15)19-6-3-2-4-12(19)17-13/h2-4,6,10H,5,7-9,15H2,1H3,(H,16,20). The van der Waals surface area contributed by atoms with Crippen LogP contribution in [-0.2, 0) is 11.3 Å². The molecule has 2 aromatic rings. The van der Waals surface area contributed by atoms with Crippen LogP contribution in [0.1, 0.15) is 12.1 Å². The van der Waals surface area contributed by atoms with Crippen LogP contribution >= 0.6 is 0 Å². The Bertz CT molecular complexity index is 654. The summed E-state index contributed by atoms with van der Waals surface area (Å²) in [5.41, 5.74) is 7.76. The van der Waals surface area contributed by atoms with E-state index in [0.717, 1.165) is 30.1 Å². The summed E-state index contributed by atoms with van der Waals surface area (Å²) >= 11 is 0. The van der Waals surface area contributed by atoms with E-state index in [-0.39, 0.29) is 6.04 Å². The van der Waals surface area contributed by atoms with E-state index in [4.69, 9.17) is 5.73 Å². The average Bonchev–Trinajstić information content (AvgIpc) is 3.10. The molecule has 0 bridgehead atoms. The molecule has 21 heavy (non-hydrogen) atoms. The minimum Gasteiger partial charge on any atom is -0.453 e. The van der Waals surface area contributed by atoms with E-state index in [1.807, 2.05) is 28.8 Å². The van der Waals surface area contributed by atoms with Crippen molar-refractivity contribution in [3.8, 4) is 0 Å². The Morgan fingerprint density at radius 2 is 2.43 bits per heavy atom. The number of rotatable bonds is 3. The van der Waals surface area contributed by atoms with Crippen LogP contribution in [0.25, 0.3) is 5.65 Å². The maximum absolute atomic E-state index is 11.3. The number of alkyl carbamates (subject to hydrolysis) is 1. The monoisotopic (exact) mass is 289 g/mol. The molecular weight excluding hydrogens is 270 g/mol. The summed E-state index contributed by atoms with van der Waals surface area (Å²) in [5, 5.41) is 2.83. The Balaban J connectivity index is 1.83. The molecule has 1 aliphatic heterocycles. The first-order chi connectivity index (χ1) is 10.2. The predicted molar refractivity (Wildman–Crippen MR) is 79.2 cm³/mol. The van der Waals surface area contributed by atoms with Gasteiger partial charge in [0.25, 0.3) is 0 Å². The van der Waals surface area contributed by atoms with Crippen molar-refractivity contribution in [1.82, 2.24) is 14.7 Å². The molecule has 112 valence electrons. The zero-order chi connectivity index (χ0) is 14.8. The number of hydrogen-bond acceptors (Lipinski definition) is 5. The van der Waals surface area contributed by atoms with Gasteiger partial charge in [0.2, 0.25) is 0 Å². The lowest BCUT2D eigenvalue weighted by Gasteiger charge is -2.17. The van der Waals surface area contributed by atoms with Crippen molar-refractivity contribution < 1.29 is 9.53 Å². The Labute approximate surface area is 122 Å². The number of carbonyl (C=O) groups is 1. The molecule has 2 aromatic heterocycles. The second kappa shape index (κ2) is 5.61. The molecule has 3 N–H and O–H groups in total. The molecule has 7 heteroatoms. The summed E-state index contributed by atoms with van der Waals surface area (Å²) in [6.45, 7) is 1.98. The number of hydrogen-bond donors (Lipinski definition) is 2. The number of aromatic nitrogens is 2. The molecule has 1 aliphatic rings. The second-order valence-electron chi connectivity index (χ2n) is 5.08. The number of nitrogens with two attached hydrogens (primary N) is 1. The summed E-state index contributed by atoms with van der Waals surface area (Å²) in [7, 11) is 1.37. The Morgan fingerprint density at radius 1 is 1.57 bits per heavy atom. The number of imidazole rings is 1. The van der Waals surface area contributed by atoms with Crippen LogP contribution in [0.4, 0.5) is 10.6 Å². The highest BCUT2D eigenvalue weighted by Crippen LogP contribution is 2.25. The highest BCUT2D eigenvalue weighted by molar-refractivity contribution is 5.67. The lowest BCUT2D eigenvalue weighted by Crippen LogP contribution is -2.37. The number of ether oxygens (including phenoxy) is 1. The molecule has 1 unspecified atom stereocenters. The SMILES string of the molecule is COC(=O)NC1CCN(c2nc3ccccn3c2CN)C1. The van der Waals surface area contributed by atoms with Crippen molar-refractivity contribution in [2.45, 2.75) is 19.0 Å². The second-order valence-corrected chi connectivity index (χ2v) is 5.08. The van der Waals surface area contributed by atoms with Gasteiger partial charge in [0.15, 0.2) is 5.82 Å². The molecule has 0 radical (unpaired) electrons. The maximum atomic E-state index is 11.3. The van der Waals surface area contributed by atoms with Gasteiger partial charge in [0.1, 0.15) is 5.65 Å². The molecule has 0 spiro atoms. The van der Waals surface area contributed by atoms with Gasteiger partial charge in [0.05, 0.1) is 18.8 Å². The molecule has 3 rings (SSSR count). The number of anilines is 1. The fraction of sp³-hybridized carbons (Fsp3) is 0.429. The molecule has 0 aromatic carbocycles. The predicted octanol–water partition coefficient (Wildman–Crippen LogP) is 0.728. The van der Waals surface area contributed by atoms with Crippen molar-refractivity contribution in [2.75, 3.05) is 25.1 Å². The van der Waals surface area contributed by atoms with Crippen LogP contribution in [0.2, 0.25) is 0 Å². The number of carbonyl (C=O) groups excluding carboxylic acids is 1. The zero-order valence-electron chi connectivity index (χ0n) is 12.0. The molecule has 1 saturated heterocycles. The summed E-state index contributed by atoms with van der Waals surface area (Å²) in [6, 6.07) is 5.96. The van der Waals surface area contributed by atoms with Gasteiger partial charge in [-0.15, -0.1) is 0 Å². The summed E-state index contributed by atoms with van der Waals surface area (Å²) in [6.07, 6.45) is 2.44. The molecule has 0 aliphatic carbocycles. The van der Waals surface area contributed by atoms with E-state index >= 15 is 0 Å². The largest absolute Gasteiger partial charge is 0.453 e. The fourth-order valence-electron chi connectivity index (χ4n) is 2.77. The van der Waals surface area contributed by atoms with Gasteiger partial charge in [-0.2, -0.15) is 0 Å². The molecular formula is C14H19N5O2. The van der Waals surface area contributed by atoms with Gasteiger partial charge in [-0.05, 0) is 18.6 Å². The third-order valence-electron chi connectivity index (χ3n) is 3.80. The number of nitrogens with one attached hydrogen (secondary N) is 1. The number of fused-ring (bicyclic) bond motifs is 1. The van der Waals surface area contributed by atoms with Gasteiger partial charge < -0.3 is 25.1 Å². The summed E-state index contributed by atoms with van der Waals surface area (Å²) in [5.74, 6) is 0.901. The van der Waals surface area contributed by atoms with Crippen LogP contribution < -0.4 is 16.0 Å². The van der Waals surface area contributed by atoms with Crippen molar-refractivity contribution in [2.24, 2.45) is 5.73 Å². The van der Waals surface area contributed by atoms with Crippen LogP contribution in [-0.4, -0.2) is 41.7 Å². The van der Waals surface area contributed by atoms with E-state index in [1.54, 1.807) is 0 Å². The first-order valence-corrected chi connectivity index (χ1v) is 6.98. The molecule has 3 heterocycles. The highest BCUT2D eigenvalue weighted by atomic mass is 16.5. The summed E-state index contributed by atoms with van der Waals surface area (Å²) < 4.78 is 6.65. The minimum absolute atomic E-state index is 0.0767. The fourth-order valence-corrected chi connectivity index (χ4v) is 2.77. The Morgan fingerprint density at radius 3 is 3.19 bits per heavy atom. The van der Waals surface area contributed by atoms with Gasteiger partial charge >= 0.3 is 6.09 Å². The quantitative estimate of drug-likeness (QED) is 0.870. The van der Waals surface area contributed by atoms with Crippen LogP contribution in [0, 0.1) is 0 Å². The van der Waals surface area contributed by atoms with Gasteiger partial charge in [-0.1, -0.05) is 6.07 Å². The number of pyridine rings is 1. The molecule has 1 atom stereocenters. The zero-order valence-corrected chi connectivity index (χ0v) is 12.0. The van der Waals surface area contributed by atoms with E-state index in [1.165, 1.54) is 7.11 Å². The number of amides is 1. The van der Waals surface area contributed by atoms with Gasteiger partial charge in [0, 0.05) is 25.8 Å². The van der Waals surface area contributed by atoms with E-state index in [2.05, 4.69) is 19.9 Å². The molecule has 1 fully saturated rings. The first-order valence-electron chi connectivity index (χ1n) is 6.98. The lowest BCUT2D eigenvalue weighted by atomic mass is 10.3. The van der Waals surface area contributed by atoms with E-state index in [9.17, 15) is 4.79 Å². The number of nitrogens with zero attached hydrogens (tertiary/aromatic N) is 3. The van der Waals surface area contributed by atoms with Crippen molar-refractivity contribution >= 4 is 17.6 Å². The Kier molecular flexibility index (Phi) is 3.66.